The van der Waals surface area contributed by atoms with Crippen molar-refractivity contribution in [2.75, 3.05) is 38.9 Å². The van der Waals surface area contributed by atoms with Gasteiger partial charge in [0.1, 0.15) is 30.8 Å². The van der Waals surface area contributed by atoms with Gasteiger partial charge in [-0.05, 0) is 48.0 Å². The van der Waals surface area contributed by atoms with Gasteiger partial charge in [-0.15, -0.1) is 0 Å². The second-order valence-electron chi connectivity index (χ2n) is 8.66. The van der Waals surface area contributed by atoms with Crippen LogP contribution in [0.15, 0.2) is 77.7 Å². The first-order valence-electron chi connectivity index (χ1n) is 12.2. The SMILES string of the molecule is COCC#CCOc1ccc(S(=O)(=O)N2Cc3ccccc3N(C(=O)c3ccccc3F)CC2C(=O)OC)cc1. The maximum absolute atomic E-state index is 14.6. The fourth-order valence-electron chi connectivity index (χ4n) is 4.24. The summed E-state index contributed by atoms with van der Waals surface area (Å²) in [5.41, 5.74) is 0.608. The van der Waals surface area contributed by atoms with Crippen molar-refractivity contribution >= 4 is 27.6 Å². The summed E-state index contributed by atoms with van der Waals surface area (Å²) in [4.78, 5) is 27.7. The second kappa shape index (κ2) is 12.7. The van der Waals surface area contributed by atoms with E-state index in [1.165, 1.54) is 54.5 Å². The number of carbonyl (C=O) groups excluding carboxylic acids is 2. The number of methoxy groups -OCH3 is 2. The summed E-state index contributed by atoms with van der Waals surface area (Å²) in [5.74, 6) is 3.61. The molecule has 0 spiro atoms. The van der Waals surface area contributed by atoms with Crippen LogP contribution in [0.5, 0.6) is 5.75 Å². The van der Waals surface area contributed by atoms with Crippen molar-refractivity contribution in [3.05, 3.63) is 89.7 Å². The van der Waals surface area contributed by atoms with Crippen LogP contribution in [0, 0.1) is 17.7 Å². The highest BCUT2D eigenvalue weighted by atomic mass is 32.2. The molecule has 0 fully saturated rings. The molecule has 1 heterocycles. The molecule has 3 aromatic rings. The number of esters is 1. The Bertz CT molecular complexity index is 1550. The summed E-state index contributed by atoms with van der Waals surface area (Å²) >= 11 is 0. The topological polar surface area (TPSA) is 102 Å². The highest BCUT2D eigenvalue weighted by molar-refractivity contribution is 7.89. The fourth-order valence-corrected chi connectivity index (χ4v) is 5.79. The maximum Gasteiger partial charge on any atom is 0.326 e. The van der Waals surface area contributed by atoms with Gasteiger partial charge >= 0.3 is 5.97 Å². The number of nitrogens with zero attached hydrogens (tertiary/aromatic N) is 2. The van der Waals surface area contributed by atoms with Gasteiger partial charge in [0.2, 0.25) is 10.0 Å². The number of amides is 1. The molecule has 0 N–H and O–H groups in total. The molecular weight excluding hydrogens is 539 g/mol. The second-order valence-corrected chi connectivity index (χ2v) is 10.6. The Morgan fingerprint density at radius 2 is 1.62 bits per heavy atom. The minimum Gasteiger partial charge on any atom is -0.481 e. The van der Waals surface area contributed by atoms with E-state index in [1.54, 1.807) is 24.3 Å². The summed E-state index contributed by atoms with van der Waals surface area (Å²) in [6.07, 6.45) is 0. The molecule has 0 aromatic heterocycles. The van der Waals surface area contributed by atoms with Crippen LogP contribution in [0.4, 0.5) is 10.1 Å². The van der Waals surface area contributed by atoms with Crippen LogP contribution in [0.1, 0.15) is 15.9 Å². The van der Waals surface area contributed by atoms with Gasteiger partial charge in [0, 0.05) is 19.3 Å². The van der Waals surface area contributed by atoms with Gasteiger partial charge in [-0.3, -0.25) is 9.59 Å². The first-order valence-corrected chi connectivity index (χ1v) is 13.6. The summed E-state index contributed by atoms with van der Waals surface area (Å²) < 4.78 is 58.7. The summed E-state index contributed by atoms with van der Waals surface area (Å²) in [7, 11) is -1.62. The highest BCUT2D eigenvalue weighted by Gasteiger charge is 2.42. The molecule has 9 nitrogen and oxygen atoms in total. The van der Waals surface area contributed by atoms with Crippen molar-refractivity contribution in [2.45, 2.75) is 17.5 Å². The van der Waals surface area contributed by atoms with Crippen molar-refractivity contribution in [1.82, 2.24) is 4.31 Å². The first-order chi connectivity index (χ1) is 19.3. The van der Waals surface area contributed by atoms with Gasteiger partial charge in [-0.2, -0.15) is 4.31 Å². The third-order valence-electron chi connectivity index (χ3n) is 6.22. The number of anilines is 1. The monoisotopic (exact) mass is 566 g/mol. The van der Waals surface area contributed by atoms with Crippen LogP contribution in [0.25, 0.3) is 0 Å². The van der Waals surface area contributed by atoms with Gasteiger partial charge in [0.25, 0.3) is 5.91 Å². The number of para-hydroxylation sites is 1. The molecule has 0 saturated carbocycles. The van der Waals surface area contributed by atoms with Gasteiger partial charge in [-0.1, -0.05) is 42.2 Å². The van der Waals surface area contributed by atoms with E-state index < -0.39 is 40.3 Å². The summed E-state index contributed by atoms with van der Waals surface area (Å²) in [6.45, 7) is -0.261. The molecule has 3 aromatic carbocycles. The van der Waals surface area contributed by atoms with E-state index in [0.717, 1.165) is 17.5 Å². The zero-order chi connectivity index (χ0) is 28.7. The lowest BCUT2D eigenvalue weighted by Crippen LogP contribution is -2.50. The molecule has 0 saturated heterocycles. The molecule has 4 rings (SSSR count). The average Bonchev–Trinajstić information content (AvgIpc) is 3.15. The quantitative estimate of drug-likeness (QED) is 0.320. The lowest BCUT2D eigenvalue weighted by Gasteiger charge is -2.29. The Balaban J connectivity index is 1.70. The van der Waals surface area contributed by atoms with E-state index in [2.05, 4.69) is 11.8 Å². The van der Waals surface area contributed by atoms with Crippen molar-refractivity contribution in [3.8, 4) is 17.6 Å². The Morgan fingerprint density at radius 3 is 2.33 bits per heavy atom. The Morgan fingerprint density at radius 1 is 0.950 bits per heavy atom. The molecule has 1 atom stereocenters. The average molecular weight is 567 g/mol. The first kappa shape index (κ1) is 28.8. The molecule has 208 valence electrons. The zero-order valence-electron chi connectivity index (χ0n) is 21.9. The molecule has 1 aliphatic rings. The number of sulfonamides is 1. The van der Waals surface area contributed by atoms with Gasteiger partial charge in [0.05, 0.1) is 24.1 Å². The Labute approximate surface area is 232 Å². The number of halogens is 1. The Kier molecular flexibility index (Phi) is 9.16. The number of rotatable bonds is 7. The number of carbonyl (C=O) groups is 2. The summed E-state index contributed by atoms with van der Waals surface area (Å²) in [6, 6.07) is 16.4. The number of benzene rings is 3. The highest BCUT2D eigenvalue weighted by Crippen LogP contribution is 2.33. The van der Waals surface area contributed by atoms with Crippen LogP contribution in [0.2, 0.25) is 0 Å². The molecule has 0 aliphatic carbocycles. The minimum atomic E-state index is -4.28. The molecule has 0 bridgehead atoms. The van der Waals surface area contributed by atoms with Gasteiger partial charge in [-0.25, -0.2) is 12.8 Å². The van der Waals surface area contributed by atoms with E-state index in [4.69, 9.17) is 14.2 Å². The van der Waals surface area contributed by atoms with E-state index >= 15 is 0 Å². The van der Waals surface area contributed by atoms with E-state index in [-0.39, 0.29) is 30.2 Å². The van der Waals surface area contributed by atoms with Crippen molar-refractivity contribution in [2.24, 2.45) is 0 Å². The molecule has 1 unspecified atom stereocenters. The standard InChI is InChI=1S/C29H27FN2O7S/c1-37-17-7-8-18-39-22-13-15-23(16-14-22)40(35,36)32-19-21-9-3-6-12-26(21)31(20-27(32)29(34)38-2)28(33)24-10-4-5-11-25(24)30/h3-6,9-16,27H,17-20H2,1-2H3. The van der Waals surface area contributed by atoms with Crippen LogP contribution in [0.3, 0.4) is 0 Å². The van der Waals surface area contributed by atoms with Crippen molar-refractivity contribution in [1.29, 1.82) is 0 Å². The van der Waals surface area contributed by atoms with E-state index in [0.29, 0.717) is 17.0 Å². The number of ether oxygens (including phenoxy) is 3. The van der Waals surface area contributed by atoms with Crippen molar-refractivity contribution in [3.63, 3.8) is 0 Å². The Hall–Kier alpha value is -4.24. The predicted octanol–water partition coefficient (Wildman–Crippen LogP) is 3.25. The third-order valence-corrected chi connectivity index (χ3v) is 8.09. The molecule has 0 radical (unpaired) electrons. The number of hydrogen-bond donors (Lipinski definition) is 0. The zero-order valence-corrected chi connectivity index (χ0v) is 22.7. The molecule has 1 amide bonds. The smallest absolute Gasteiger partial charge is 0.326 e. The lowest BCUT2D eigenvalue weighted by atomic mass is 10.1. The maximum atomic E-state index is 14.6. The van der Waals surface area contributed by atoms with Gasteiger partial charge in [0.15, 0.2) is 0 Å². The third kappa shape index (κ3) is 6.15. The molecular formula is C29H27FN2O7S. The lowest BCUT2D eigenvalue weighted by molar-refractivity contribution is -0.144. The van der Waals surface area contributed by atoms with Crippen LogP contribution < -0.4 is 9.64 Å². The van der Waals surface area contributed by atoms with Gasteiger partial charge < -0.3 is 19.1 Å². The number of hydrogen-bond acceptors (Lipinski definition) is 7. The predicted molar refractivity (Wildman–Crippen MR) is 145 cm³/mol. The van der Waals surface area contributed by atoms with E-state index in [1.807, 2.05) is 0 Å². The molecule has 40 heavy (non-hydrogen) atoms. The van der Waals surface area contributed by atoms with Crippen LogP contribution >= 0.6 is 0 Å². The molecule has 1 aliphatic heterocycles. The normalized spacial score (nSPS) is 15.3. The minimum absolute atomic E-state index is 0.0919. The van der Waals surface area contributed by atoms with Crippen LogP contribution in [-0.2, 0) is 30.8 Å². The van der Waals surface area contributed by atoms with Crippen LogP contribution in [-0.4, -0.2) is 64.6 Å². The van der Waals surface area contributed by atoms with E-state index in [9.17, 15) is 22.4 Å². The largest absolute Gasteiger partial charge is 0.481 e. The number of fused-ring (bicyclic) bond motifs is 1. The fraction of sp³-hybridized carbons (Fsp3) is 0.241. The van der Waals surface area contributed by atoms with Crippen molar-refractivity contribution < 1.29 is 36.6 Å². The molecule has 11 heteroatoms. The summed E-state index contributed by atoms with van der Waals surface area (Å²) in [5, 5.41) is 0.